The van der Waals surface area contributed by atoms with Gasteiger partial charge >= 0.3 is 0 Å². The number of rotatable bonds is 11. The Morgan fingerprint density at radius 3 is 1.49 bits per heavy atom. The van der Waals surface area contributed by atoms with E-state index in [0.29, 0.717) is 0 Å². The van der Waals surface area contributed by atoms with Crippen LogP contribution in [0.5, 0.6) is 0 Å². The van der Waals surface area contributed by atoms with Crippen molar-refractivity contribution < 1.29 is 9.22 Å². The van der Waals surface area contributed by atoms with Crippen LogP contribution in [0.1, 0.15) is 0 Å². The maximum Gasteiger partial charge on any atom is 0.0725 e. The molecule has 0 atom stereocenters. The molecule has 0 amide bonds. The van der Waals surface area contributed by atoms with Crippen LogP contribution in [0.3, 0.4) is 0 Å². The minimum Gasteiger partial charge on any atom is -0.309 e. The highest BCUT2D eigenvalue weighted by atomic mass is 32.2. The van der Waals surface area contributed by atoms with Gasteiger partial charge in [-0.25, -0.2) is 4.89 Å². The van der Waals surface area contributed by atoms with Crippen LogP contribution in [0, 0.1) is 0 Å². The van der Waals surface area contributed by atoms with E-state index in [1.54, 1.807) is 0 Å². The van der Waals surface area contributed by atoms with Crippen LogP contribution in [0.2, 0.25) is 0 Å². The summed E-state index contributed by atoms with van der Waals surface area (Å²) in [5.41, 5.74) is 16.0. The van der Waals surface area contributed by atoms with E-state index in [-0.39, 0.29) is 0 Å². The lowest BCUT2D eigenvalue weighted by Gasteiger charge is -2.30. The second kappa shape index (κ2) is 18.6. The molecule has 13 aromatic rings. The van der Waals surface area contributed by atoms with Crippen LogP contribution in [0.25, 0.3) is 104 Å². The zero-order valence-electron chi connectivity index (χ0n) is 39.4. The van der Waals surface area contributed by atoms with E-state index in [0.717, 1.165) is 49.5 Å². The SMILES string of the molecule is COOSc1cccc(N(c2cccc(-n3c4ccc(-c5ccccc5)cc4c4cc(-c5ccccc5)ccc43)c2)c2c3ccccc3c(-c3ccc(-c4cccc5ccccc45)cc3)c3ccccc23)c1. The van der Waals surface area contributed by atoms with Gasteiger partial charge in [-0.1, -0.05) is 200 Å². The molecule has 342 valence electrons. The predicted molar refractivity (Wildman–Crippen MR) is 304 cm³/mol. The first kappa shape index (κ1) is 43.3. The highest BCUT2D eigenvalue weighted by Gasteiger charge is 2.24. The first-order valence-electron chi connectivity index (χ1n) is 24.3. The molecule has 72 heavy (non-hydrogen) atoms. The van der Waals surface area contributed by atoms with Gasteiger partial charge in [-0.2, -0.15) is 4.33 Å². The summed E-state index contributed by atoms with van der Waals surface area (Å²) in [7, 11) is 1.53. The molecule has 0 fully saturated rings. The van der Waals surface area contributed by atoms with E-state index in [2.05, 4.69) is 270 Å². The zero-order valence-corrected chi connectivity index (χ0v) is 40.3. The van der Waals surface area contributed by atoms with Crippen LogP contribution in [-0.2, 0) is 9.22 Å². The van der Waals surface area contributed by atoms with Crippen molar-refractivity contribution in [2.24, 2.45) is 0 Å². The topological polar surface area (TPSA) is 26.6 Å². The van der Waals surface area contributed by atoms with E-state index in [9.17, 15) is 0 Å². The third kappa shape index (κ3) is 7.68. The van der Waals surface area contributed by atoms with Gasteiger partial charge in [-0.05, 0) is 127 Å². The fourth-order valence-corrected chi connectivity index (χ4v) is 11.2. The molecule has 0 aliphatic heterocycles. The Morgan fingerprint density at radius 1 is 0.361 bits per heavy atom. The fraction of sp³-hybridized carbons (Fsp3) is 0.0149. The van der Waals surface area contributed by atoms with Crippen LogP contribution < -0.4 is 4.90 Å². The van der Waals surface area contributed by atoms with Gasteiger partial charge in [0, 0.05) is 43.5 Å². The molecule has 0 aliphatic carbocycles. The molecule has 1 aromatic heterocycles. The number of aromatic nitrogens is 1. The van der Waals surface area contributed by atoms with Crippen molar-refractivity contribution in [3.63, 3.8) is 0 Å². The number of benzene rings is 12. The first-order chi connectivity index (χ1) is 35.7. The molecule has 0 aliphatic rings. The number of nitrogens with zero attached hydrogens (tertiary/aromatic N) is 2. The average molecular weight is 943 g/mol. The monoisotopic (exact) mass is 942 g/mol. The number of hydrogen-bond donors (Lipinski definition) is 0. The van der Waals surface area contributed by atoms with Crippen molar-refractivity contribution in [3.05, 3.63) is 261 Å². The Hall–Kier alpha value is -8.71. The van der Waals surface area contributed by atoms with Gasteiger partial charge in [0.05, 0.1) is 35.9 Å². The van der Waals surface area contributed by atoms with Crippen LogP contribution in [-0.4, -0.2) is 11.7 Å². The summed E-state index contributed by atoms with van der Waals surface area (Å²) >= 11 is 1.20. The lowest BCUT2D eigenvalue weighted by molar-refractivity contribution is -0.160. The quantitative estimate of drug-likeness (QED) is 0.0559. The maximum absolute atomic E-state index is 5.45. The summed E-state index contributed by atoms with van der Waals surface area (Å²) in [6, 6.07) is 94.7. The standard InChI is InChI=1S/C67H46N2O2S/c1-70-71-72-55-26-16-25-54(44-55)68(67-60-30-12-10-28-58(60)66(59-29-11-13-31-61(59)67)49-35-33-48(34-36-49)57-32-14-22-47-21-8-9-27-56(47)57)52-23-15-24-53(43-52)69-64-39-37-50(45-17-4-2-5-18-45)41-62(64)63-42-51(38-40-65(63)69)46-19-6-3-7-20-46/h2-44H,1H3. The third-order valence-corrected chi connectivity index (χ3v) is 14.7. The van der Waals surface area contributed by atoms with Crippen molar-refractivity contribution >= 4 is 83.2 Å². The number of hydrogen-bond acceptors (Lipinski definition) is 4. The highest BCUT2D eigenvalue weighted by Crippen LogP contribution is 2.49. The Labute approximate surface area is 422 Å². The van der Waals surface area contributed by atoms with E-state index in [4.69, 9.17) is 9.22 Å². The highest BCUT2D eigenvalue weighted by molar-refractivity contribution is 7.94. The van der Waals surface area contributed by atoms with Gasteiger partial charge in [0.2, 0.25) is 0 Å². The van der Waals surface area contributed by atoms with Crippen molar-refractivity contribution in [2.75, 3.05) is 12.0 Å². The summed E-state index contributed by atoms with van der Waals surface area (Å²) in [5.74, 6) is 0. The van der Waals surface area contributed by atoms with Crippen molar-refractivity contribution in [1.82, 2.24) is 4.57 Å². The molecule has 0 spiro atoms. The predicted octanol–water partition coefficient (Wildman–Crippen LogP) is 19.0. The number of fused-ring (bicyclic) bond motifs is 6. The normalized spacial score (nSPS) is 11.6. The van der Waals surface area contributed by atoms with Gasteiger partial charge in [0.15, 0.2) is 0 Å². The summed E-state index contributed by atoms with van der Waals surface area (Å²) < 4.78 is 7.87. The van der Waals surface area contributed by atoms with Crippen molar-refractivity contribution in [1.29, 1.82) is 0 Å². The summed E-state index contributed by atoms with van der Waals surface area (Å²) in [4.78, 5) is 8.41. The molecule has 13 rings (SSSR count). The molecule has 12 aromatic carbocycles. The molecule has 4 nitrogen and oxygen atoms in total. The molecule has 1 heterocycles. The molecule has 0 unspecified atom stereocenters. The average Bonchev–Trinajstić information content (AvgIpc) is 3.78. The van der Waals surface area contributed by atoms with Gasteiger partial charge in [-0.15, -0.1) is 0 Å². The van der Waals surface area contributed by atoms with Crippen molar-refractivity contribution in [3.8, 4) is 50.2 Å². The lowest BCUT2D eigenvalue weighted by Crippen LogP contribution is -2.12. The Bertz CT molecular complexity index is 3990. The molecular weight excluding hydrogens is 897 g/mol. The molecule has 0 radical (unpaired) electrons. The third-order valence-electron chi connectivity index (χ3n) is 14.0. The molecular formula is C67H46N2O2S. The lowest BCUT2D eigenvalue weighted by atomic mass is 9.89. The summed E-state index contributed by atoms with van der Waals surface area (Å²) in [5, 5.41) is 9.51. The number of anilines is 3. The van der Waals surface area contributed by atoms with Crippen LogP contribution in [0.4, 0.5) is 17.1 Å². The maximum atomic E-state index is 5.45. The van der Waals surface area contributed by atoms with Crippen LogP contribution in [0.15, 0.2) is 266 Å². The van der Waals surface area contributed by atoms with Crippen LogP contribution >= 0.6 is 12.0 Å². The summed E-state index contributed by atoms with van der Waals surface area (Å²) in [6.07, 6.45) is 0. The van der Waals surface area contributed by atoms with E-state index in [1.807, 2.05) is 0 Å². The molecule has 0 N–H and O–H groups in total. The second-order valence-electron chi connectivity index (χ2n) is 18.1. The second-order valence-corrected chi connectivity index (χ2v) is 18.9. The fourth-order valence-electron chi connectivity index (χ4n) is 10.8. The van der Waals surface area contributed by atoms with Gasteiger partial charge in [0.25, 0.3) is 0 Å². The Morgan fingerprint density at radius 2 is 0.861 bits per heavy atom. The summed E-state index contributed by atoms with van der Waals surface area (Å²) in [6.45, 7) is 0. The minimum atomic E-state index is 0.915. The van der Waals surface area contributed by atoms with Crippen molar-refractivity contribution in [2.45, 2.75) is 4.90 Å². The van der Waals surface area contributed by atoms with Gasteiger partial charge in [-0.3, -0.25) is 0 Å². The smallest absolute Gasteiger partial charge is 0.0725 e. The Kier molecular flexibility index (Phi) is 11.2. The van der Waals surface area contributed by atoms with Gasteiger partial charge in [0.1, 0.15) is 0 Å². The van der Waals surface area contributed by atoms with E-state index >= 15 is 0 Å². The van der Waals surface area contributed by atoms with E-state index in [1.165, 1.54) is 96.0 Å². The molecule has 0 saturated carbocycles. The first-order valence-corrected chi connectivity index (χ1v) is 25.0. The minimum absolute atomic E-state index is 0.915. The molecule has 0 bridgehead atoms. The largest absolute Gasteiger partial charge is 0.309 e. The van der Waals surface area contributed by atoms with Gasteiger partial charge < -0.3 is 9.47 Å². The Balaban J connectivity index is 1.02. The molecule has 0 saturated heterocycles. The zero-order chi connectivity index (χ0) is 48.0. The van der Waals surface area contributed by atoms with E-state index < -0.39 is 0 Å². The molecule has 5 heteroatoms.